The second-order valence-corrected chi connectivity index (χ2v) is 9.21. The van der Waals surface area contributed by atoms with E-state index in [2.05, 4.69) is 4.90 Å². The Kier molecular flexibility index (Phi) is 4.21. The van der Waals surface area contributed by atoms with Crippen molar-refractivity contribution < 1.29 is 19.1 Å². The molecule has 5 rings (SSSR count). The summed E-state index contributed by atoms with van der Waals surface area (Å²) in [5.41, 5.74) is 12.4. The number of hydrogen-bond donors (Lipinski definition) is 3. The normalized spacial score (nSPS) is 26.3. The van der Waals surface area contributed by atoms with E-state index in [4.69, 9.17) is 11.5 Å². The fraction of sp³-hybridized carbons (Fsp3) is 0.500. The topological polar surface area (TPSA) is 132 Å². The molecule has 31 heavy (non-hydrogen) atoms. The molecule has 2 saturated carbocycles. The molecule has 0 bridgehead atoms. The Hall–Kier alpha value is -2.94. The number of nitrogens with zero attached hydrogens (tertiary/aromatic N) is 2. The minimum Gasteiger partial charge on any atom is -0.477 e. The van der Waals surface area contributed by atoms with E-state index in [0.717, 1.165) is 25.5 Å². The van der Waals surface area contributed by atoms with Gasteiger partial charge in [0, 0.05) is 36.9 Å². The van der Waals surface area contributed by atoms with Crippen LogP contribution in [0.4, 0.5) is 15.8 Å². The number of Topliss-reactive ketones (excluding diaryl/α,β-unsaturated/α-hetero) is 1. The number of aromatic nitrogens is 1. The van der Waals surface area contributed by atoms with Gasteiger partial charge in [-0.2, -0.15) is 0 Å². The summed E-state index contributed by atoms with van der Waals surface area (Å²) in [5.74, 6) is -1.39. The molecule has 2 aliphatic carbocycles. The van der Waals surface area contributed by atoms with Crippen LogP contribution in [0.5, 0.6) is 0 Å². The van der Waals surface area contributed by atoms with E-state index in [1.54, 1.807) is 6.07 Å². The highest BCUT2D eigenvalue weighted by Crippen LogP contribution is 2.47. The largest absolute Gasteiger partial charge is 0.477 e. The van der Waals surface area contributed by atoms with Gasteiger partial charge >= 0.3 is 5.97 Å². The molecule has 1 aliphatic heterocycles. The molecular weight excluding hydrogens is 403 g/mol. The van der Waals surface area contributed by atoms with Crippen LogP contribution in [0.2, 0.25) is 0 Å². The van der Waals surface area contributed by atoms with Crippen molar-refractivity contribution in [1.82, 2.24) is 4.57 Å². The van der Waals surface area contributed by atoms with Crippen molar-refractivity contribution in [3.63, 3.8) is 0 Å². The lowest BCUT2D eigenvalue weighted by Crippen LogP contribution is -2.35. The standard InChI is InChI=1S/C22H25FN4O4/c1-10(28)17-16(26-5-2-11(8-26)22(25)3-4-22)7-14(24)18-19(17)27(15-6-13(15)23)9-12(20(18)29)21(30)31/h7,9,11,13,15H,2-6,8,24-25H2,1H3,(H,30,31)/t11-,13+,15?/m1/s1. The second-order valence-electron chi connectivity index (χ2n) is 9.21. The highest BCUT2D eigenvalue weighted by molar-refractivity contribution is 6.14. The number of nitrogens with two attached hydrogens (primary N) is 2. The van der Waals surface area contributed by atoms with Gasteiger partial charge in [-0.1, -0.05) is 0 Å². The fourth-order valence-corrected chi connectivity index (χ4v) is 5.02. The first-order valence-corrected chi connectivity index (χ1v) is 10.6. The molecule has 0 amide bonds. The molecule has 1 aromatic heterocycles. The number of carbonyl (C=O) groups excluding carboxylic acids is 1. The predicted octanol–water partition coefficient (Wildman–Crippen LogP) is 2.09. The van der Waals surface area contributed by atoms with Crippen LogP contribution in [-0.2, 0) is 0 Å². The van der Waals surface area contributed by atoms with Crippen molar-refractivity contribution in [2.75, 3.05) is 23.7 Å². The number of carboxylic acid groups (broad SMARTS) is 1. The van der Waals surface area contributed by atoms with Crippen molar-refractivity contribution in [3.05, 3.63) is 33.6 Å². The SMILES string of the molecule is CC(=O)c1c(N2CC[C@@H](C3(N)CC3)C2)cc(N)c2c(=O)c(C(=O)O)cn(C3C[C@@H]3F)c12. The molecule has 0 spiro atoms. The summed E-state index contributed by atoms with van der Waals surface area (Å²) < 4.78 is 15.5. The van der Waals surface area contributed by atoms with Crippen molar-refractivity contribution in [1.29, 1.82) is 0 Å². The number of aromatic carboxylic acids is 1. The molecule has 164 valence electrons. The third-order valence-electron chi connectivity index (χ3n) is 7.10. The molecule has 3 atom stereocenters. The zero-order valence-corrected chi connectivity index (χ0v) is 17.2. The Morgan fingerprint density at radius 2 is 2.00 bits per heavy atom. The first-order chi connectivity index (χ1) is 14.6. The van der Waals surface area contributed by atoms with Crippen molar-refractivity contribution >= 4 is 34.0 Å². The molecule has 2 heterocycles. The maximum Gasteiger partial charge on any atom is 0.341 e. The number of nitrogen functional groups attached to an aromatic ring is 1. The number of carboxylic acids is 1. The summed E-state index contributed by atoms with van der Waals surface area (Å²) in [4.78, 5) is 39.5. The molecule has 5 N–H and O–H groups in total. The number of hydrogen-bond acceptors (Lipinski definition) is 6. The van der Waals surface area contributed by atoms with Crippen LogP contribution in [0, 0.1) is 5.92 Å². The Morgan fingerprint density at radius 1 is 1.32 bits per heavy atom. The number of halogens is 1. The monoisotopic (exact) mass is 428 g/mol. The molecule has 3 aliphatic rings. The zero-order chi connectivity index (χ0) is 22.2. The van der Waals surface area contributed by atoms with Crippen molar-refractivity contribution in [3.8, 4) is 0 Å². The lowest BCUT2D eigenvalue weighted by molar-refractivity contribution is 0.0694. The first kappa shape index (κ1) is 20.0. The Balaban J connectivity index is 1.76. The van der Waals surface area contributed by atoms with E-state index < -0.39 is 29.2 Å². The number of rotatable bonds is 5. The summed E-state index contributed by atoms with van der Waals surface area (Å²) in [5, 5.41) is 9.45. The molecule has 9 heteroatoms. The van der Waals surface area contributed by atoms with E-state index in [0.29, 0.717) is 24.7 Å². The Morgan fingerprint density at radius 3 is 2.55 bits per heavy atom. The number of ketones is 1. The molecule has 3 fully saturated rings. The smallest absolute Gasteiger partial charge is 0.341 e. The molecule has 2 aromatic rings. The predicted molar refractivity (Wildman–Crippen MR) is 115 cm³/mol. The van der Waals surface area contributed by atoms with Gasteiger partial charge in [-0.3, -0.25) is 9.59 Å². The van der Waals surface area contributed by atoms with Crippen molar-refractivity contribution in [2.24, 2.45) is 11.7 Å². The average molecular weight is 428 g/mol. The number of carbonyl (C=O) groups is 2. The molecule has 8 nitrogen and oxygen atoms in total. The van der Waals surface area contributed by atoms with E-state index in [-0.39, 0.29) is 39.9 Å². The van der Waals surface area contributed by atoms with Gasteiger partial charge in [0.2, 0.25) is 5.43 Å². The summed E-state index contributed by atoms with van der Waals surface area (Å²) in [7, 11) is 0. The van der Waals surface area contributed by atoms with Crippen LogP contribution in [-0.4, -0.2) is 46.2 Å². The number of pyridine rings is 1. The van der Waals surface area contributed by atoms with Gasteiger partial charge in [0.05, 0.1) is 28.2 Å². The fourth-order valence-electron chi connectivity index (χ4n) is 5.02. The molecule has 1 unspecified atom stereocenters. The average Bonchev–Trinajstić information content (AvgIpc) is 3.56. The van der Waals surface area contributed by atoms with Gasteiger partial charge in [0.15, 0.2) is 5.78 Å². The maximum absolute atomic E-state index is 14.1. The third-order valence-corrected chi connectivity index (χ3v) is 7.10. The number of anilines is 2. The molecule has 0 radical (unpaired) electrons. The lowest BCUT2D eigenvalue weighted by atomic mass is 9.97. The third kappa shape index (κ3) is 3.02. The molecule has 1 aromatic carbocycles. The minimum absolute atomic E-state index is 0.0406. The minimum atomic E-state index is -1.41. The van der Waals surface area contributed by atoms with E-state index in [1.807, 2.05) is 0 Å². The summed E-state index contributed by atoms with van der Waals surface area (Å²) in [6.07, 6.45) is 3.05. The number of benzene rings is 1. The summed E-state index contributed by atoms with van der Waals surface area (Å²) in [6.45, 7) is 2.77. The highest BCUT2D eigenvalue weighted by atomic mass is 19.1. The zero-order valence-electron chi connectivity index (χ0n) is 17.2. The first-order valence-electron chi connectivity index (χ1n) is 10.6. The quantitative estimate of drug-likeness (QED) is 0.491. The van der Waals surface area contributed by atoms with Crippen LogP contribution >= 0.6 is 0 Å². The second kappa shape index (κ2) is 6.53. The Labute approximate surface area is 177 Å². The highest BCUT2D eigenvalue weighted by Gasteiger charge is 2.48. The van der Waals surface area contributed by atoms with Gasteiger partial charge in [-0.05, 0) is 38.2 Å². The maximum atomic E-state index is 14.1. The Bertz CT molecular complexity index is 1200. The van der Waals surface area contributed by atoms with Crippen LogP contribution < -0.4 is 21.8 Å². The number of fused-ring (bicyclic) bond motifs is 1. The van der Waals surface area contributed by atoms with Gasteiger partial charge < -0.3 is 26.0 Å². The van der Waals surface area contributed by atoms with Gasteiger partial charge in [0.25, 0.3) is 0 Å². The van der Waals surface area contributed by atoms with Gasteiger partial charge in [-0.15, -0.1) is 0 Å². The van der Waals surface area contributed by atoms with Crippen LogP contribution in [0.15, 0.2) is 17.1 Å². The van der Waals surface area contributed by atoms with Crippen molar-refractivity contribution in [2.45, 2.75) is 50.4 Å². The van der Waals surface area contributed by atoms with E-state index >= 15 is 0 Å². The van der Waals surface area contributed by atoms with Gasteiger partial charge in [-0.25, -0.2) is 9.18 Å². The van der Waals surface area contributed by atoms with Crippen LogP contribution in [0.1, 0.15) is 59.4 Å². The van der Waals surface area contributed by atoms with Crippen LogP contribution in [0.25, 0.3) is 10.9 Å². The lowest BCUT2D eigenvalue weighted by Gasteiger charge is -2.26. The molecular formula is C22H25FN4O4. The molecule has 1 saturated heterocycles. The summed E-state index contributed by atoms with van der Waals surface area (Å²) >= 11 is 0. The number of alkyl halides is 1. The van der Waals surface area contributed by atoms with Crippen LogP contribution in [0.3, 0.4) is 0 Å². The van der Waals surface area contributed by atoms with E-state index in [9.17, 15) is 23.9 Å². The van der Waals surface area contributed by atoms with E-state index in [1.165, 1.54) is 11.5 Å². The summed E-state index contributed by atoms with van der Waals surface area (Å²) in [6, 6.07) is 0.952. The van der Waals surface area contributed by atoms with Gasteiger partial charge in [0.1, 0.15) is 11.7 Å².